The molecule has 1 aliphatic heterocycles. The Morgan fingerprint density at radius 1 is 0.862 bits per heavy atom. The van der Waals surface area contributed by atoms with Crippen molar-refractivity contribution in [1.82, 2.24) is 4.98 Å². The van der Waals surface area contributed by atoms with Crippen LogP contribution < -0.4 is 9.64 Å². The van der Waals surface area contributed by atoms with Crippen molar-refractivity contribution in [3.05, 3.63) is 101 Å². The minimum Gasteiger partial charge on any atom is -0.487 e. The first kappa shape index (κ1) is 18.0. The number of fused-ring (bicyclic) bond motifs is 2. The lowest BCUT2D eigenvalue weighted by Gasteiger charge is -2.30. The fourth-order valence-corrected chi connectivity index (χ4v) is 4.05. The molecule has 0 aliphatic carbocycles. The summed E-state index contributed by atoms with van der Waals surface area (Å²) in [4.78, 5) is 7.31. The van der Waals surface area contributed by atoms with Gasteiger partial charge in [-0.05, 0) is 41.8 Å². The number of rotatable bonds is 4. The van der Waals surface area contributed by atoms with Gasteiger partial charge in [-0.1, -0.05) is 66.2 Å². The SMILES string of the molecule is Clc1ccccc1COc1cccc2ccc(N3CCc4ccccc4C3)nc12. The Morgan fingerprint density at radius 3 is 2.59 bits per heavy atom. The monoisotopic (exact) mass is 400 g/mol. The van der Waals surface area contributed by atoms with Crippen molar-refractivity contribution >= 4 is 28.3 Å². The Kier molecular flexibility index (Phi) is 4.82. The number of pyridine rings is 1. The zero-order chi connectivity index (χ0) is 19.6. The van der Waals surface area contributed by atoms with Crippen LogP contribution in [0.2, 0.25) is 5.02 Å². The number of aromatic nitrogens is 1. The molecule has 0 fully saturated rings. The van der Waals surface area contributed by atoms with Crippen LogP contribution in [0.15, 0.2) is 78.9 Å². The molecule has 0 N–H and O–H groups in total. The molecule has 0 saturated heterocycles. The van der Waals surface area contributed by atoms with Gasteiger partial charge in [0.05, 0.1) is 0 Å². The molecule has 3 nitrogen and oxygen atoms in total. The number of anilines is 1. The second kappa shape index (κ2) is 7.76. The van der Waals surface area contributed by atoms with Gasteiger partial charge in [0.25, 0.3) is 0 Å². The van der Waals surface area contributed by atoms with Gasteiger partial charge in [0.1, 0.15) is 23.7 Å². The molecule has 0 amide bonds. The van der Waals surface area contributed by atoms with Crippen molar-refractivity contribution in [2.45, 2.75) is 19.6 Å². The summed E-state index contributed by atoms with van der Waals surface area (Å²) in [6, 6.07) is 26.7. The summed E-state index contributed by atoms with van der Waals surface area (Å²) in [5.74, 6) is 1.77. The van der Waals surface area contributed by atoms with Crippen molar-refractivity contribution in [2.75, 3.05) is 11.4 Å². The number of hydrogen-bond acceptors (Lipinski definition) is 3. The number of para-hydroxylation sites is 1. The number of benzene rings is 3. The average molecular weight is 401 g/mol. The molecule has 2 heterocycles. The van der Waals surface area contributed by atoms with Crippen LogP contribution in [0.5, 0.6) is 5.75 Å². The topological polar surface area (TPSA) is 25.4 Å². The van der Waals surface area contributed by atoms with E-state index in [0.29, 0.717) is 11.6 Å². The van der Waals surface area contributed by atoms with Crippen molar-refractivity contribution in [3.8, 4) is 5.75 Å². The highest BCUT2D eigenvalue weighted by Crippen LogP contribution is 2.30. The molecule has 0 unspecified atom stereocenters. The van der Waals surface area contributed by atoms with Crippen LogP contribution in [-0.2, 0) is 19.6 Å². The van der Waals surface area contributed by atoms with Gasteiger partial charge in [-0.15, -0.1) is 0 Å². The zero-order valence-electron chi connectivity index (χ0n) is 16.0. The minimum atomic E-state index is 0.418. The summed E-state index contributed by atoms with van der Waals surface area (Å²) in [6.07, 6.45) is 1.04. The third kappa shape index (κ3) is 3.66. The van der Waals surface area contributed by atoms with E-state index in [1.165, 1.54) is 11.1 Å². The number of nitrogens with zero attached hydrogens (tertiary/aromatic N) is 2. The zero-order valence-corrected chi connectivity index (χ0v) is 16.8. The van der Waals surface area contributed by atoms with Crippen LogP contribution in [0.3, 0.4) is 0 Å². The van der Waals surface area contributed by atoms with Gasteiger partial charge in [-0.25, -0.2) is 4.98 Å². The van der Waals surface area contributed by atoms with E-state index < -0.39 is 0 Å². The van der Waals surface area contributed by atoms with E-state index in [1.807, 2.05) is 36.4 Å². The highest BCUT2D eigenvalue weighted by atomic mass is 35.5. The number of hydrogen-bond donors (Lipinski definition) is 0. The van der Waals surface area contributed by atoms with Gasteiger partial charge >= 0.3 is 0 Å². The molecule has 3 aromatic carbocycles. The fourth-order valence-electron chi connectivity index (χ4n) is 3.86. The molecular weight excluding hydrogens is 380 g/mol. The van der Waals surface area contributed by atoms with Crippen molar-refractivity contribution in [3.63, 3.8) is 0 Å². The molecular formula is C25H21ClN2O. The van der Waals surface area contributed by atoms with E-state index in [2.05, 4.69) is 47.4 Å². The summed E-state index contributed by atoms with van der Waals surface area (Å²) >= 11 is 6.27. The first-order chi connectivity index (χ1) is 14.3. The Balaban J connectivity index is 1.44. The second-order valence-electron chi connectivity index (χ2n) is 7.32. The first-order valence-electron chi connectivity index (χ1n) is 9.86. The second-order valence-corrected chi connectivity index (χ2v) is 7.72. The van der Waals surface area contributed by atoms with E-state index in [1.54, 1.807) is 0 Å². The lowest BCUT2D eigenvalue weighted by molar-refractivity contribution is 0.309. The third-order valence-electron chi connectivity index (χ3n) is 5.46. The number of halogens is 1. The maximum Gasteiger partial charge on any atom is 0.146 e. The van der Waals surface area contributed by atoms with Crippen LogP contribution >= 0.6 is 11.6 Å². The van der Waals surface area contributed by atoms with Crippen LogP contribution in [-0.4, -0.2) is 11.5 Å². The Hall–Kier alpha value is -3.04. The smallest absolute Gasteiger partial charge is 0.146 e. The Morgan fingerprint density at radius 2 is 1.69 bits per heavy atom. The van der Waals surface area contributed by atoms with Crippen LogP contribution in [0.25, 0.3) is 10.9 Å². The van der Waals surface area contributed by atoms with Gasteiger partial charge in [-0.2, -0.15) is 0 Å². The van der Waals surface area contributed by atoms with Crippen LogP contribution in [0.1, 0.15) is 16.7 Å². The molecule has 5 rings (SSSR count). The standard InChI is InChI=1S/C25H21ClN2O/c26-22-10-4-3-8-21(22)17-29-23-11-5-9-19-12-13-24(27-25(19)23)28-15-14-18-6-1-2-7-20(18)16-28/h1-13H,14-17H2. The van der Waals surface area contributed by atoms with E-state index >= 15 is 0 Å². The first-order valence-corrected chi connectivity index (χ1v) is 10.2. The predicted molar refractivity (Wildman–Crippen MR) is 119 cm³/mol. The molecule has 0 saturated carbocycles. The lowest BCUT2D eigenvalue weighted by Crippen LogP contribution is -2.30. The van der Waals surface area contributed by atoms with Gasteiger partial charge < -0.3 is 9.64 Å². The molecule has 1 aliphatic rings. The minimum absolute atomic E-state index is 0.418. The molecule has 0 bridgehead atoms. The van der Waals surface area contributed by atoms with Crippen LogP contribution in [0, 0.1) is 0 Å². The molecule has 4 heteroatoms. The summed E-state index contributed by atoms with van der Waals surface area (Å²) in [7, 11) is 0. The summed E-state index contributed by atoms with van der Waals surface area (Å²) < 4.78 is 6.12. The van der Waals surface area contributed by atoms with Crippen molar-refractivity contribution in [1.29, 1.82) is 0 Å². The van der Waals surface area contributed by atoms with Crippen LogP contribution in [0.4, 0.5) is 5.82 Å². The molecule has 29 heavy (non-hydrogen) atoms. The Labute approximate surface area is 175 Å². The van der Waals surface area contributed by atoms with E-state index in [0.717, 1.165) is 47.5 Å². The maximum absolute atomic E-state index is 6.27. The maximum atomic E-state index is 6.27. The van der Waals surface area contributed by atoms with E-state index in [-0.39, 0.29) is 0 Å². The summed E-state index contributed by atoms with van der Waals surface area (Å²) in [6.45, 7) is 2.28. The van der Waals surface area contributed by atoms with Gasteiger partial charge in [0.15, 0.2) is 0 Å². The average Bonchev–Trinajstić information content (AvgIpc) is 2.78. The molecule has 144 valence electrons. The summed E-state index contributed by atoms with van der Waals surface area (Å²) in [5, 5.41) is 1.79. The van der Waals surface area contributed by atoms with Crippen molar-refractivity contribution < 1.29 is 4.74 Å². The molecule has 0 spiro atoms. The predicted octanol–water partition coefficient (Wildman–Crippen LogP) is 6.03. The molecule has 4 aromatic rings. The lowest BCUT2D eigenvalue weighted by atomic mass is 10.00. The summed E-state index contributed by atoms with van der Waals surface area (Å²) in [5.41, 5.74) is 4.67. The Bertz CT molecular complexity index is 1170. The third-order valence-corrected chi connectivity index (χ3v) is 5.83. The van der Waals surface area contributed by atoms with Gasteiger partial charge in [0, 0.05) is 29.1 Å². The quantitative estimate of drug-likeness (QED) is 0.418. The van der Waals surface area contributed by atoms with E-state index in [9.17, 15) is 0 Å². The van der Waals surface area contributed by atoms with Crippen molar-refractivity contribution in [2.24, 2.45) is 0 Å². The largest absolute Gasteiger partial charge is 0.487 e. The highest BCUT2D eigenvalue weighted by molar-refractivity contribution is 6.31. The molecule has 0 atom stereocenters. The van der Waals surface area contributed by atoms with Gasteiger partial charge in [0.2, 0.25) is 0 Å². The fraction of sp³-hybridized carbons (Fsp3) is 0.160. The van der Waals surface area contributed by atoms with E-state index in [4.69, 9.17) is 21.3 Å². The molecule has 0 radical (unpaired) electrons. The highest BCUT2D eigenvalue weighted by Gasteiger charge is 2.18. The van der Waals surface area contributed by atoms with Gasteiger partial charge in [-0.3, -0.25) is 0 Å². The number of ether oxygens (including phenoxy) is 1. The normalized spacial score (nSPS) is 13.3. The molecule has 1 aromatic heterocycles.